The van der Waals surface area contributed by atoms with Gasteiger partial charge in [0, 0.05) is 5.57 Å². The van der Waals surface area contributed by atoms with Crippen molar-refractivity contribution in [3.63, 3.8) is 0 Å². The maximum Gasteiger partial charge on any atom is 0.338 e. The molecule has 0 unspecified atom stereocenters. The molecule has 2 aromatic rings. The third kappa shape index (κ3) is 3.82. The lowest BCUT2D eigenvalue weighted by molar-refractivity contribution is -0.130. The molecule has 2 aromatic carbocycles. The van der Waals surface area contributed by atoms with Gasteiger partial charge in [-0.1, -0.05) is 50.3 Å². The van der Waals surface area contributed by atoms with Gasteiger partial charge in [-0.05, 0) is 42.2 Å². The zero-order valence-electron chi connectivity index (χ0n) is 12.9. The fourth-order valence-electron chi connectivity index (χ4n) is 2.10. The van der Waals surface area contributed by atoms with Crippen LogP contribution < -0.4 is 4.74 Å². The van der Waals surface area contributed by atoms with E-state index in [9.17, 15) is 9.18 Å². The monoisotopic (exact) mass is 298 g/mol. The van der Waals surface area contributed by atoms with E-state index in [4.69, 9.17) is 4.74 Å². The Bertz CT molecular complexity index is 687. The molecule has 0 atom stereocenters. The van der Waals surface area contributed by atoms with Crippen molar-refractivity contribution in [3.05, 3.63) is 66.0 Å². The topological polar surface area (TPSA) is 26.3 Å². The first-order valence-electron chi connectivity index (χ1n) is 7.27. The summed E-state index contributed by atoms with van der Waals surface area (Å²) in [5.41, 5.74) is 3.17. The average Bonchev–Trinajstić information content (AvgIpc) is 2.50. The van der Waals surface area contributed by atoms with E-state index in [1.54, 1.807) is 6.07 Å². The van der Waals surface area contributed by atoms with Crippen LogP contribution >= 0.6 is 0 Å². The van der Waals surface area contributed by atoms with Crippen LogP contribution in [0.1, 0.15) is 25.8 Å². The van der Waals surface area contributed by atoms with Crippen LogP contribution in [0.25, 0.3) is 11.1 Å². The molecule has 114 valence electrons. The molecule has 0 saturated heterocycles. The van der Waals surface area contributed by atoms with Crippen LogP contribution in [0.2, 0.25) is 0 Å². The predicted octanol–water partition coefficient (Wildman–Crippen LogP) is 4.93. The van der Waals surface area contributed by atoms with E-state index in [-0.39, 0.29) is 11.3 Å². The minimum absolute atomic E-state index is 0.0839. The molecule has 0 heterocycles. The summed E-state index contributed by atoms with van der Waals surface area (Å²) in [6.07, 6.45) is 2.13. The summed E-state index contributed by atoms with van der Waals surface area (Å²) in [5.74, 6) is -1.28. The summed E-state index contributed by atoms with van der Waals surface area (Å²) in [7, 11) is 0. The molecule has 0 aliphatic rings. The third-order valence-corrected chi connectivity index (χ3v) is 3.31. The summed E-state index contributed by atoms with van der Waals surface area (Å²) in [5, 5.41) is 0. The first-order chi connectivity index (χ1) is 10.5. The van der Waals surface area contributed by atoms with E-state index in [1.165, 1.54) is 24.6 Å². The normalized spacial score (nSPS) is 10.3. The number of halogens is 1. The summed E-state index contributed by atoms with van der Waals surface area (Å²) in [6.45, 7) is 7.13. The Morgan fingerprint density at radius 3 is 2.32 bits per heavy atom. The van der Waals surface area contributed by atoms with Crippen molar-refractivity contribution in [2.24, 2.45) is 0 Å². The Kier molecular flexibility index (Phi) is 5.10. The number of aryl methyl sites for hydroxylation is 1. The van der Waals surface area contributed by atoms with Gasteiger partial charge in [0.05, 0.1) is 0 Å². The first-order valence-corrected chi connectivity index (χ1v) is 7.27. The zero-order valence-corrected chi connectivity index (χ0v) is 12.9. The van der Waals surface area contributed by atoms with Crippen molar-refractivity contribution in [3.8, 4) is 16.9 Å². The molecule has 0 aliphatic carbocycles. The number of hydrogen-bond acceptors (Lipinski definition) is 2. The number of hydrogen-bond donors (Lipinski definition) is 0. The fraction of sp³-hybridized carbons (Fsp3) is 0.211. The molecule has 0 amide bonds. The van der Waals surface area contributed by atoms with Crippen molar-refractivity contribution in [1.29, 1.82) is 0 Å². The van der Waals surface area contributed by atoms with Gasteiger partial charge in [-0.2, -0.15) is 0 Å². The summed E-state index contributed by atoms with van der Waals surface area (Å²) in [4.78, 5) is 11.4. The first kappa shape index (κ1) is 16.0. The van der Waals surface area contributed by atoms with Crippen molar-refractivity contribution >= 4 is 5.97 Å². The predicted molar refractivity (Wildman–Crippen MR) is 86.3 cm³/mol. The lowest BCUT2D eigenvalue weighted by atomic mass is 10.0. The van der Waals surface area contributed by atoms with Crippen LogP contribution in [0.5, 0.6) is 5.75 Å². The fourth-order valence-corrected chi connectivity index (χ4v) is 2.10. The molecule has 0 bridgehead atoms. The minimum atomic E-state index is -0.629. The van der Waals surface area contributed by atoms with E-state index in [1.807, 2.05) is 24.3 Å². The number of carbonyl (C=O) groups excluding carboxylic acids is 1. The van der Waals surface area contributed by atoms with Crippen molar-refractivity contribution in [2.45, 2.75) is 26.7 Å². The van der Waals surface area contributed by atoms with Crippen molar-refractivity contribution in [1.82, 2.24) is 0 Å². The molecular weight excluding hydrogens is 279 g/mol. The van der Waals surface area contributed by atoms with Crippen LogP contribution in [-0.4, -0.2) is 5.97 Å². The van der Waals surface area contributed by atoms with Gasteiger partial charge in [0.2, 0.25) is 0 Å². The molecule has 0 aliphatic heterocycles. The van der Waals surface area contributed by atoms with Gasteiger partial charge in [-0.25, -0.2) is 9.18 Å². The molecule has 0 fully saturated rings. The lowest BCUT2D eigenvalue weighted by Gasteiger charge is -2.08. The molecule has 2 rings (SSSR count). The van der Waals surface area contributed by atoms with Crippen molar-refractivity contribution in [2.75, 3.05) is 0 Å². The molecule has 0 radical (unpaired) electrons. The highest BCUT2D eigenvalue weighted by atomic mass is 19.1. The zero-order chi connectivity index (χ0) is 16.1. The quantitative estimate of drug-likeness (QED) is 0.444. The SMILES string of the molecule is C=C(C)C(=O)Oc1ccc(-c2ccc(CCC)cc2)cc1F. The second kappa shape index (κ2) is 7.03. The van der Waals surface area contributed by atoms with Crippen LogP contribution in [0.3, 0.4) is 0 Å². The molecule has 22 heavy (non-hydrogen) atoms. The van der Waals surface area contributed by atoms with Crippen LogP contribution in [0.4, 0.5) is 4.39 Å². The third-order valence-electron chi connectivity index (χ3n) is 3.31. The maximum atomic E-state index is 14.1. The van der Waals surface area contributed by atoms with Gasteiger partial charge in [0.25, 0.3) is 0 Å². The van der Waals surface area contributed by atoms with Gasteiger partial charge in [0.1, 0.15) is 0 Å². The lowest BCUT2D eigenvalue weighted by Crippen LogP contribution is -2.09. The van der Waals surface area contributed by atoms with Crippen LogP contribution in [0, 0.1) is 5.82 Å². The molecule has 3 heteroatoms. The number of esters is 1. The highest BCUT2D eigenvalue weighted by Gasteiger charge is 2.11. The molecule has 0 N–H and O–H groups in total. The summed E-state index contributed by atoms with van der Waals surface area (Å²) < 4.78 is 19.0. The maximum absolute atomic E-state index is 14.1. The van der Waals surface area contributed by atoms with E-state index in [0.717, 1.165) is 24.0 Å². The van der Waals surface area contributed by atoms with E-state index >= 15 is 0 Å². The molecule has 2 nitrogen and oxygen atoms in total. The Morgan fingerprint density at radius 1 is 1.14 bits per heavy atom. The van der Waals surface area contributed by atoms with E-state index in [2.05, 4.69) is 13.5 Å². The van der Waals surface area contributed by atoms with Gasteiger partial charge in [-0.3, -0.25) is 0 Å². The van der Waals surface area contributed by atoms with Crippen LogP contribution in [-0.2, 0) is 11.2 Å². The van der Waals surface area contributed by atoms with Gasteiger partial charge in [-0.15, -0.1) is 0 Å². The number of ether oxygens (including phenoxy) is 1. The Morgan fingerprint density at radius 2 is 1.77 bits per heavy atom. The average molecular weight is 298 g/mol. The Balaban J connectivity index is 2.21. The summed E-state index contributed by atoms with van der Waals surface area (Å²) in [6, 6.07) is 12.6. The van der Waals surface area contributed by atoms with Crippen molar-refractivity contribution < 1.29 is 13.9 Å². The standard InChI is InChI=1S/C19H19FO2/c1-4-5-14-6-8-15(9-7-14)16-10-11-18(17(20)12-16)22-19(21)13(2)3/h6-12H,2,4-5H2,1,3H3. The van der Waals surface area contributed by atoms with E-state index < -0.39 is 11.8 Å². The molecule has 0 aromatic heterocycles. The number of rotatable bonds is 5. The number of benzene rings is 2. The van der Waals surface area contributed by atoms with Gasteiger partial charge < -0.3 is 4.74 Å². The minimum Gasteiger partial charge on any atom is -0.420 e. The number of carbonyl (C=O) groups is 1. The molecular formula is C19H19FO2. The smallest absolute Gasteiger partial charge is 0.338 e. The second-order valence-corrected chi connectivity index (χ2v) is 5.26. The highest BCUT2D eigenvalue weighted by molar-refractivity contribution is 5.88. The van der Waals surface area contributed by atoms with Crippen LogP contribution in [0.15, 0.2) is 54.6 Å². The largest absolute Gasteiger partial charge is 0.420 e. The Labute approximate surface area is 130 Å². The second-order valence-electron chi connectivity index (χ2n) is 5.26. The van der Waals surface area contributed by atoms with E-state index in [0.29, 0.717) is 0 Å². The van der Waals surface area contributed by atoms with Gasteiger partial charge >= 0.3 is 5.97 Å². The Hall–Kier alpha value is -2.42. The molecule has 0 saturated carbocycles. The highest BCUT2D eigenvalue weighted by Crippen LogP contribution is 2.26. The summed E-state index contributed by atoms with van der Waals surface area (Å²) >= 11 is 0. The van der Waals surface area contributed by atoms with Gasteiger partial charge in [0.15, 0.2) is 11.6 Å². The molecule has 0 spiro atoms.